The van der Waals surface area contributed by atoms with Gasteiger partial charge in [-0.15, -0.1) is 0 Å². The first kappa shape index (κ1) is 12.9. The third kappa shape index (κ3) is 2.81. The summed E-state index contributed by atoms with van der Waals surface area (Å²) in [6.45, 7) is 4.47. The van der Waals surface area contributed by atoms with Crippen molar-refractivity contribution >= 4 is 5.69 Å². The Labute approximate surface area is 109 Å². The van der Waals surface area contributed by atoms with Crippen molar-refractivity contribution in [3.05, 3.63) is 24.0 Å². The fourth-order valence-electron chi connectivity index (χ4n) is 2.86. The smallest absolute Gasteiger partial charge is 0.101 e. The second-order valence-corrected chi connectivity index (χ2v) is 5.71. The van der Waals surface area contributed by atoms with E-state index in [4.69, 9.17) is 5.26 Å². The lowest BCUT2D eigenvalue weighted by Gasteiger charge is -2.38. The molecule has 1 N–H and O–H groups in total. The summed E-state index contributed by atoms with van der Waals surface area (Å²) in [7, 11) is 0. The van der Waals surface area contributed by atoms with E-state index in [9.17, 15) is 0 Å². The molecule has 0 spiro atoms. The Kier molecular flexibility index (Phi) is 3.86. The summed E-state index contributed by atoms with van der Waals surface area (Å²) in [6, 6.07) is 3.98. The van der Waals surface area contributed by atoms with Gasteiger partial charge in [0.05, 0.1) is 17.4 Å². The second kappa shape index (κ2) is 5.39. The van der Waals surface area contributed by atoms with Gasteiger partial charge in [-0.05, 0) is 38.7 Å². The third-order valence-corrected chi connectivity index (χ3v) is 4.02. The van der Waals surface area contributed by atoms with Crippen LogP contribution in [0.5, 0.6) is 0 Å². The summed E-state index contributed by atoms with van der Waals surface area (Å²) in [5.41, 5.74) is 1.55. The van der Waals surface area contributed by atoms with E-state index in [-0.39, 0.29) is 5.54 Å². The highest BCUT2D eigenvalue weighted by atomic mass is 15.0. The molecular formula is C15H21N3. The summed E-state index contributed by atoms with van der Waals surface area (Å²) in [4.78, 5) is 4.11. The molecule has 0 amide bonds. The lowest BCUT2D eigenvalue weighted by Crippen LogP contribution is -2.40. The van der Waals surface area contributed by atoms with Gasteiger partial charge >= 0.3 is 0 Å². The van der Waals surface area contributed by atoms with Crippen molar-refractivity contribution in [2.24, 2.45) is 5.92 Å². The minimum atomic E-state index is 0.0229. The quantitative estimate of drug-likeness (QED) is 0.880. The number of hydrogen-bond donors (Lipinski definition) is 1. The number of pyridine rings is 1. The molecule has 1 aromatic rings. The molecule has 18 heavy (non-hydrogen) atoms. The maximum Gasteiger partial charge on any atom is 0.101 e. The molecule has 96 valence electrons. The molecule has 0 radical (unpaired) electrons. The van der Waals surface area contributed by atoms with E-state index in [2.05, 4.69) is 30.2 Å². The summed E-state index contributed by atoms with van der Waals surface area (Å²) in [5.74, 6) is 0.679. The van der Waals surface area contributed by atoms with Crippen molar-refractivity contribution in [1.82, 2.24) is 4.98 Å². The highest BCUT2D eigenvalue weighted by molar-refractivity contribution is 5.56. The van der Waals surface area contributed by atoms with Gasteiger partial charge < -0.3 is 5.32 Å². The van der Waals surface area contributed by atoms with Gasteiger partial charge in [-0.1, -0.05) is 19.3 Å². The minimum Gasteiger partial charge on any atom is -0.378 e. The number of nitrogens with one attached hydrogen (secondary N) is 1. The zero-order chi connectivity index (χ0) is 13.0. The average Bonchev–Trinajstić information content (AvgIpc) is 2.40. The largest absolute Gasteiger partial charge is 0.378 e. The molecule has 1 aliphatic rings. The number of anilines is 1. The highest BCUT2D eigenvalue weighted by Gasteiger charge is 2.30. The van der Waals surface area contributed by atoms with Gasteiger partial charge in [0.25, 0.3) is 0 Å². The Bertz CT molecular complexity index is 439. The van der Waals surface area contributed by atoms with Crippen LogP contribution in [0, 0.1) is 17.2 Å². The second-order valence-electron chi connectivity index (χ2n) is 5.71. The normalized spacial score (nSPS) is 17.2. The van der Waals surface area contributed by atoms with Crippen molar-refractivity contribution in [1.29, 1.82) is 5.26 Å². The minimum absolute atomic E-state index is 0.0229. The molecule has 1 saturated carbocycles. The lowest BCUT2D eigenvalue weighted by atomic mass is 9.76. The van der Waals surface area contributed by atoms with Crippen LogP contribution in [0.2, 0.25) is 0 Å². The highest BCUT2D eigenvalue weighted by Crippen LogP contribution is 2.34. The van der Waals surface area contributed by atoms with Gasteiger partial charge in [0, 0.05) is 11.7 Å². The molecule has 3 nitrogen and oxygen atoms in total. The molecule has 0 aromatic carbocycles. The molecule has 0 aliphatic heterocycles. The van der Waals surface area contributed by atoms with Crippen LogP contribution in [-0.2, 0) is 0 Å². The lowest BCUT2D eigenvalue weighted by molar-refractivity contribution is 0.258. The molecule has 2 rings (SSSR count). The number of nitriles is 1. The van der Waals surface area contributed by atoms with E-state index in [1.807, 2.05) is 0 Å². The molecule has 0 unspecified atom stereocenters. The van der Waals surface area contributed by atoms with Crippen molar-refractivity contribution < 1.29 is 0 Å². The van der Waals surface area contributed by atoms with Crippen LogP contribution in [0.4, 0.5) is 5.69 Å². The number of rotatable bonds is 3. The molecule has 0 atom stereocenters. The SMILES string of the molecule is CC(C)(Nc1cnccc1C#N)C1CCCCC1. The van der Waals surface area contributed by atoms with Crippen LogP contribution < -0.4 is 5.32 Å². The predicted molar refractivity (Wildman–Crippen MR) is 73.2 cm³/mol. The van der Waals surface area contributed by atoms with Gasteiger partial charge in [-0.25, -0.2) is 0 Å². The van der Waals surface area contributed by atoms with Gasteiger partial charge in [0.2, 0.25) is 0 Å². The van der Waals surface area contributed by atoms with Crippen LogP contribution in [0.25, 0.3) is 0 Å². The van der Waals surface area contributed by atoms with E-state index in [0.29, 0.717) is 11.5 Å². The predicted octanol–water partition coefficient (Wildman–Crippen LogP) is 3.72. The maximum atomic E-state index is 9.11. The fraction of sp³-hybridized carbons (Fsp3) is 0.600. The third-order valence-electron chi connectivity index (χ3n) is 4.02. The number of hydrogen-bond acceptors (Lipinski definition) is 3. The van der Waals surface area contributed by atoms with E-state index in [1.54, 1.807) is 18.5 Å². The fourth-order valence-corrected chi connectivity index (χ4v) is 2.86. The molecule has 1 aromatic heterocycles. The van der Waals surface area contributed by atoms with Crippen molar-refractivity contribution in [3.8, 4) is 6.07 Å². The molecule has 0 bridgehead atoms. The first-order valence-corrected chi connectivity index (χ1v) is 6.76. The Morgan fingerprint density at radius 1 is 1.33 bits per heavy atom. The van der Waals surface area contributed by atoms with Gasteiger partial charge in [-0.2, -0.15) is 5.26 Å². The summed E-state index contributed by atoms with van der Waals surface area (Å²) in [5, 5.41) is 12.6. The molecule has 3 heteroatoms. The molecule has 0 saturated heterocycles. The van der Waals surface area contributed by atoms with Gasteiger partial charge in [-0.3, -0.25) is 4.98 Å². The molecule has 1 aliphatic carbocycles. The van der Waals surface area contributed by atoms with Crippen LogP contribution in [0.15, 0.2) is 18.5 Å². The standard InChI is InChI=1S/C15H21N3/c1-15(2,13-6-4-3-5-7-13)18-14-11-17-9-8-12(14)10-16/h8-9,11,13,18H,3-7H2,1-2H3. The van der Waals surface area contributed by atoms with E-state index in [1.165, 1.54) is 32.1 Å². The summed E-state index contributed by atoms with van der Waals surface area (Å²) >= 11 is 0. The Morgan fingerprint density at radius 3 is 2.72 bits per heavy atom. The van der Waals surface area contributed by atoms with Crippen LogP contribution in [0.1, 0.15) is 51.5 Å². The summed E-state index contributed by atoms with van der Waals surface area (Å²) < 4.78 is 0. The van der Waals surface area contributed by atoms with E-state index in [0.717, 1.165) is 5.69 Å². The van der Waals surface area contributed by atoms with Crippen LogP contribution in [-0.4, -0.2) is 10.5 Å². The van der Waals surface area contributed by atoms with Crippen LogP contribution >= 0.6 is 0 Å². The zero-order valence-electron chi connectivity index (χ0n) is 11.2. The topological polar surface area (TPSA) is 48.7 Å². The number of nitrogens with zero attached hydrogens (tertiary/aromatic N) is 2. The van der Waals surface area contributed by atoms with Crippen molar-refractivity contribution in [2.45, 2.75) is 51.5 Å². The zero-order valence-corrected chi connectivity index (χ0v) is 11.2. The monoisotopic (exact) mass is 243 g/mol. The first-order valence-electron chi connectivity index (χ1n) is 6.76. The number of aromatic nitrogens is 1. The van der Waals surface area contributed by atoms with Crippen molar-refractivity contribution in [2.75, 3.05) is 5.32 Å². The Hall–Kier alpha value is -1.56. The van der Waals surface area contributed by atoms with Gasteiger partial charge in [0.1, 0.15) is 6.07 Å². The van der Waals surface area contributed by atoms with Gasteiger partial charge in [0.15, 0.2) is 0 Å². The van der Waals surface area contributed by atoms with Crippen LogP contribution in [0.3, 0.4) is 0 Å². The van der Waals surface area contributed by atoms with E-state index >= 15 is 0 Å². The molecule has 1 fully saturated rings. The van der Waals surface area contributed by atoms with Crippen molar-refractivity contribution in [3.63, 3.8) is 0 Å². The molecule has 1 heterocycles. The first-order chi connectivity index (χ1) is 8.63. The Balaban J connectivity index is 2.13. The van der Waals surface area contributed by atoms with E-state index < -0.39 is 0 Å². The average molecular weight is 243 g/mol. The molecular weight excluding hydrogens is 222 g/mol. The Morgan fingerprint density at radius 2 is 2.06 bits per heavy atom. The maximum absolute atomic E-state index is 9.11. The summed E-state index contributed by atoms with van der Waals surface area (Å²) in [6.07, 6.45) is 10.00.